The number of non-ortho nitro benzene ring substituents is 1. The van der Waals surface area contributed by atoms with Crippen LogP contribution in [0.4, 0.5) is 11.4 Å². The van der Waals surface area contributed by atoms with Gasteiger partial charge in [0.2, 0.25) is 0 Å². The molecule has 1 aromatic heterocycles. The highest BCUT2D eigenvalue weighted by molar-refractivity contribution is 5.48. The van der Waals surface area contributed by atoms with Crippen LogP contribution >= 0.6 is 0 Å². The van der Waals surface area contributed by atoms with E-state index in [0.29, 0.717) is 0 Å². The number of aromatic nitrogens is 2. The summed E-state index contributed by atoms with van der Waals surface area (Å²) < 4.78 is 1.78. The summed E-state index contributed by atoms with van der Waals surface area (Å²) in [5, 5.41) is 18.4. The molecule has 1 unspecified atom stereocenters. The van der Waals surface area contributed by atoms with E-state index < -0.39 is 4.92 Å². The van der Waals surface area contributed by atoms with Gasteiger partial charge in [-0.05, 0) is 18.9 Å². The number of aryl methyl sites for hydroxylation is 2. The molecule has 2 aromatic rings. The van der Waals surface area contributed by atoms with Gasteiger partial charge in [0.1, 0.15) is 0 Å². The van der Waals surface area contributed by atoms with Crippen molar-refractivity contribution in [3.63, 3.8) is 0 Å². The topological polar surface area (TPSA) is 73.0 Å². The van der Waals surface area contributed by atoms with Crippen molar-refractivity contribution in [2.45, 2.75) is 26.3 Å². The highest BCUT2D eigenvalue weighted by Gasteiger charge is 2.12. The predicted octanol–water partition coefficient (Wildman–Crippen LogP) is 3.06. The van der Waals surface area contributed by atoms with Gasteiger partial charge in [-0.25, -0.2) is 0 Å². The molecule has 1 N–H and O–H groups in total. The number of benzene rings is 1. The van der Waals surface area contributed by atoms with Crippen LogP contribution in [-0.4, -0.2) is 14.7 Å². The highest BCUT2D eigenvalue weighted by Crippen LogP contribution is 2.23. The summed E-state index contributed by atoms with van der Waals surface area (Å²) in [5.74, 6) is 0. The maximum absolute atomic E-state index is 10.6. The zero-order valence-electron chi connectivity index (χ0n) is 11.8. The Hall–Kier alpha value is -2.37. The van der Waals surface area contributed by atoms with Crippen molar-refractivity contribution in [3.8, 4) is 0 Å². The molecule has 0 saturated carbocycles. The lowest BCUT2D eigenvalue weighted by molar-refractivity contribution is -0.384. The number of nitrogens with one attached hydrogen (secondary N) is 1. The average Bonchev–Trinajstić information content (AvgIpc) is 2.78. The van der Waals surface area contributed by atoms with Crippen molar-refractivity contribution in [2.75, 3.05) is 5.32 Å². The number of anilines is 1. The summed E-state index contributed by atoms with van der Waals surface area (Å²) in [6, 6.07) is 6.66. The second kappa shape index (κ2) is 5.73. The summed E-state index contributed by atoms with van der Waals surface area (Å²) in [6.45, 7) is 4.08. The Kier molecular flexibility index (Phi) is 4.02. The fourth-order valence-corrected chi connectivity index (χ4v) is 2.12. The second-order valence-electron chi connectivity index (χ2n) is 4.73. The Balaban J connectivity index is 2.14. The SMILES string of the molecule is CCc1nn(C)cc1NC(C)c1ccc([N+](=O)[O-])cc1. The molecule has 2 rings (SSSR count). The molecule has 106 valence electrons. The van der Waals surface area contributed by atoms with Crippen LogP contribution in [0.2, 0.25) is 0 Å². The zero-order chi connectivity index (χ0) is 14.7. The number of nitro benzene ring substituents is 1. The molecule has 0 amide bonds. The third-order valence-electron chi connectivity index (χ3n) is 3.22. The van der Waals surface area contributed by atoms with E-state index in [0.717, 1.165) is 23.4 Å². The van der Waals surface area contributed by atoms with E-state index in [1.807, 2.05) is 20.2 Å². The van der Waals surface area contributed by atoms with E-state index in [4.69, 9.17) is 0 Å². The molecule has 0 aliphatic rings. The molecule has 0 aliphatic carbocycles. The Labute approximate surface area is 117 Å². The summed E-state index contributed by atoms with van der Waals surface area (Å²) in [6.07, 6.45) is 2.80. The molecular weight excluding hydrogens is 256 g/mol. The van der Waals surface area contributed by atoms with E-state index in [9.17, 15) is 10.1 Å². The van der Waals surface area contributed by atoms with Crippen LogP contribution in [-0.2, 0) is 13.5 Å². The van der Waals surface area contributed by atoms with E-state index in [2.05, 4.69) is 17.3 Å². The van der Waals surface area contributed by atoms with Crippen LogP contribution in [0.3, 0.4) is 0 Å². The first kappa shape index (κ1) is 14.0. The lowest BCUT2D eigenvalue weighted by atomic mass is 10.1. The first-order chi connectivity index (χ1) is 9.51. The van der Waals surface area contributed by atoms with Crippen molar-refractivity contribution in [1.82, 2.24) is 9.78 Å². The molecule has 0 spiro atoms. The van der Waals surface area contributed by atoms with Crippen molar-refractivity contribution in [3.05, 3.63) is 51.8 Å². The Morgan fingerprint density at radius 1 is 1.40 bits per heavy atom. The second-order valence-corrected chi connectivity index (χ2v) is 4.73. The van der Waals surface area contributed by atoms with Gasteiger partial charge in [0.25, 0.3) is 5.69 Å². The fourth-order valence-electron chi connectivity index (χ4n) is 2.12. The van der Waals surface area contributed by atoms with Crippen LogP contribution in [0, 0.1) is 10.1 Å². The standard InChI is InChI=1S/C14H18N4O2/c1-4-13-14(9-17(3)16-13)15-10(2)11-5-7-12(8-6-11)18(19)20/h5-10,15H,4H2,1-3H3. The van der Waals surface area contributed by atoms with Crippen molar-refractivity contribution in [2.24, 2.45) is 7.05 Å². The predicted molar refractivity (Wildman–Crippen MR) is 77.7 cm³/mol. The Morgan fingerprint density at radius 3 is 2.60 bits per heavy atom. The smallest absolute Gasteiger partial charge is 0.269 e. The van der Waals surface area contributed by atoms with Gasteiger partial charge in [0.05, 0.1) is 16.3 Å². The van der Waals surface area contributed by atoms with Crippen LogP contribution in [0.15, 0.2) is 30.5 Å². The monoisotopic (exact) mass is 274 g/mol. The first-order valence-electron chi connectivity index (χ1n) is 6.54. The van der Waals surface area contributed by atoms with Crippen molar-refractivity contribution >= 4 is 11.4 Å². The van der Waals surface area contributed by atoms with Gasteiger partial charge in [0, 0.05) is 31.4 Å². The quantitative estimate of drug-likeness (QED) is 0.671. The van der Waals surface area contributed by atoms with E-state index in [1.54, 1.807) is 16.8 Å². The molecule has 20 heavy (non-hydrogen) atoms. The van der Waals surface area contributed by atoms with Gasteiger partial charge in [-0.15, -0.1) is 0 Å². The largest absolute Gasteiger partial charge is 0.376 e. The molecule has 0 radical (unpaired) electrons. The van der Waals surface area contributed by atoms with Gasteiger partial charge in [0.15, 0.2) is 0 Å². The van der Waals surface area contributed by atoms with Crippen LogP contribution in [0.5, 0.6) is 0 Å². The molecule has 0 bridgehead atoms. The van der Waals surface area contributed by atoms with E-state index >= 15 is 0 Å². The number of hydrogen-bond acceptors (Lipinski definition) is 4. The molecule has 0 fully saturated rings. The first-order valence-corrected chi connectivity index (χ1v) is 6.54. The van der Waals surface area contributed by atoms with Crippen LogP contribution in [0.1, 0.15) is 31.1 Å². The Morgan fingerprint density at radius 2 is 2.05 bits per heavy atom. The van der Waals surface area contributed by atoms with E-state index in [-0.39, 0.29) is 11.7 Å². The van der Waals surface area contributed by atoms with Crippen molar-refractivity contribution < 1.29 is 4.92 Å². The minimum absolute atomic E-state index is 0.0605. The number of hydrogen-bond donors (Lipinski definition) is 1. The maximum atomic E-state index is 10.6. The molecule has 0 saturated heterocycles. The lowest BCUT2D eigenvalue weighted by Crippen LogP contribution is -2.07. The minimum Gasteiger partial charge on any atom is -0.376 e. The average molecular weight is 274 g/mol. The number of rotatable bonds is 5. The van der Waals surface area contributed by atoms with Gasteiger partial charge in [-0.3, -0.25) is 14.8 Å². The van der Waals surface area contributed by atoms with Gasteiger partial charge in [-0.1, -0.05) is 19.1 Å². The zero-order valence-corrected chi connectivity index (χ0v) is 11.8. The summed E-state index contributed by atoms with van der Waals surface area (Å²) >= 11 is 0. The third kappa shape index (κ3) is 2.96. The summed E-state index contributed by atoms with van der Waals surface area (Å²) in [4.78, 5) is 10.2. The molecule has 1 heterocycles. The number of nitro groups is 1. The van der Waals surface area contributed by atoms with Crippen LogP contribution < -0.4 is 5.32 Å². The number of nitrogens with zero attached hydrogens (tertiary/aromatic N) is 3. The maximum Gasteiger partial charge on any atom is 0.269 e. The molecule has 0 aliphatic heterocycles. The van der Waals surface area contributed by atoms with Gasteiger partial charge >= 0.3 is 0 Å². The summed E-state index contributed by atoms with van der Waals surface area (Å²) in [5.41, 5.74) is 3.13. The van der Waals surface area contributed by atoms with E-state index in [1.165, 1.54) is 12.1 Å². The van der Waals surface area contributed by atoms with Crippen LogP contribution in [0.25, 0.3) is 0 Å². The lowest BCUT2D eigenvalue weighted by Gasteiger charge is -2.15. The fraction of sp³-hybridized carbons (Fsp3) is 0.357. The molecule has 6 heteroatoms. The third-order valence-corrected chi connectivity index (χ3v) is 3.22. The Bertz CT molecular complexity index is 604. The van der Waals surface area contributed by atoms with Crippen molar-refractivity contribution in [1.29, 1.82) is 0 Å². The molecule has 6 nitrogen and oxygen atoms in total. The van der Waals surface area contributed by atoms with Gasteiger partial charge < -0.3 is 5.32 Å². The molecular formula is C14H18N4O2. The normalized spacial score (nSPS) is 12.2. The van der Waals surface area contributed by atoms with Gasteiger partial charge in [-0.2, -0.15) is 5.10 Å². The summed E-state index contributed by atoms with van der Waals surface area (Å²) in [7, 11) is 1.89. The highest BCUT2D eigenvalue weighted by atomic mass is 16.6. The minimum atomic E-state index is -0.391. The molecule has 1 aromatic carbocycles. The molecule has 1 atom stereocenters.